The number of nitriles is 1. The zero-order valence-corrected chi connectivity index (χ0v) is 13.5. The number of Topliss-reactive ketones (excluding diaryl/α,β-unsaturated/α-hetero) is 1. The Kier molecular flexibility index (Phi) is 5.69. The van der Waals surface area contributed by atoms with Crippen molar-refractivity contribution in [1.82, 2.24) is 4.98 Å². The highest BCUT2D eigenvalue weighted by Crippen LogP contribution is 2.31. The first kappa shape index (κ1) is 16.2. The van der Waals surface area contributed by atoms with Crippen LogP contribution < -0.4 is 5.32 Å². The van der Waals surface area contributed by atoms with Crippen LogP contribution in [0.1, 0.15) is 16.6 Å². The number of thioether (sulfide) groups is 1. The topological polar surface area (TPSA) is 82.9 Å². The smallest absolute Gasteiger partial charge is 0.236 e. The fourth-order valence-corrected chi connectivity index (χ4v) is 3.10. The lowest BCUT2D eigenvalue weighted by Crippen LogP contribution is -2.14. The maximum atomic E-state index is 11.8. The average molecular weight is 331 g/mol. The summed E-state index contributed by atoms with van der Waals surface area (Å²) >= 11 is 2.39. The summed E-state index contributed by atoms with van der Waals surface area (Å²) in [6, 6.07) is 11.3. The van der Waals surface area contributed by atoms with Gasteiger partial charge in [-0.25, -0.2) is 4.98 Å². The van der Waals surface area contributed by atoms with Crippen molar-refractivity contribution in [3.05, 3.63) is 35.2 Å². The van der Waals surface area contributed by atoms with E-state index in [0.717, 1.165) is 16.9 Å². The Morgan fingerprint density at radius 1 is 1.36 bits per heavy atom. The molecule has 1 N–H and O–H groups in total. The quantitative estimate of drug-likeness (QED) is 0.649. The lowest BCUT2D eigenvalue weighted by molar-refractivity contribution is -0.113. The molecule has 0 bridgehead atoms. The van der Waals surface area contributed by atoms with Crippen LogP contribution in [0.5, 0.6) is 0 Å². The molecule has 1 amide bonds. The van der Waals surface area contributed by atoms with Crippen LogP contribution in [-0.2, 0) is 4.79 Å². The number of hydrogen-bond donors (Lipinski definition) is 1. The summed E-state index contributed by atoms with van der Waals surface area (Å²) in [6.07, 6.45) is 0. The van der Waals surface area contributed by atoms with Gasteiger partial charge < -0.3 is 5.32 Å². The number of anilines is 1. The monoisotopic (exact) mass is 331 g/mol. The van der Waals surface area contributed by atoms with Crippen molar-refractivity contribution in [3.63, 3.8) is 0 Å². The number of nitrogens with zero attached hydrogens (tertiary/aromatic N) is 2. The van der Waals surface area contributed by atoms with Crippen LogP contribution in [0.3, 0.4) is 0 Å². The van der Waals surface area contributed by atoms with Crippen LogP contribution in [-0.4, -0.2) is 28.2 Å². The molecule has 1 aromatic heterocycles. The SMILES string of the molecule is CC(=O)c1sc(NC(=O)CSCC#N)nc1-c1ccccc1. The third kappa shape index (κ3) is 4.16. The second-order valence-corrected chi connectivity index (χ2v) is 6.30. The molecule has 0 fully saturated rings. The second kappa shape index (κ2) is 7.73. The molecule has 7 heteroatoms. The molecule has 0 atom stereocenters. The van der Waals surface area contributed by atoms with Crippen molar-refractivity contribution < 1.29 is 9.59 Å². The molecule has 1 aromatic carbocycles. The highest BCUT2D eigenvalue weighted by molar-refractivity contribution is 8.00. The van der Waals surface area contributed by atoms with E-state index in [-0.39, 0.29) is 23.2 Å². The van der Waals surface area contributed by atoms with Gasteiger partial charge in [0, 0.05) is 12.5 Å². The van der Waals surface area contributed by atoms with E-state index in [1.807, 2.05) is 36.4 Å². The number of amides is 1. The molecule has 0 spiro atoms. The molecule has 5 nitrogen and oxygen atoms in total. The Morgan fingerprint density at radius 3 is 2.73 bits per heavy atom. The van der Waals surface area contributed by atoms with Gasteiger partial charge in [-0.05, 0) is 0 Å². The van der Waals surface area contributed by atoms with E-state index < -0.39 is 0 Å². The van der Waals surface area contributed by atoms with Crippen molar-refractivity contribution in [3.8, 4) is 17.3 Å². The van der Waals surface area contributed by atoms with Gasteiger partial charge in [-0.1, -0.05) is 41.7 Å². The van der Waals surface area contributed by atoms with Crippen LogP contribution in [0.4, 0.5) is 5.13 Å². The van der Waals surface area contributed by atoms with Crippen molar-refractivity contribution in [2.24, 2.45) is 0 Å². The van der Waals surface area contributed by atoms with Crippen LogP contribution in [0.15, 0.2) is 30.3 Å². The molecule has 0 aliphatic carbocycles. The highest BCUT2D eigenvalue weighted by atomic mass is 32.2. The number of thiazole rings is 1. The molecule has 1 heterocycles. The number of carbonyl (C=O) groups is 2. The van der Waals surface area contributed by atoms with Gasteiger partial charge >= 0.3 is 0 Å². The molecule has 22 heavy (non-hydrogen) atoms. The van der Waals surface area contributed by atoms with Gasteiger partial charge in [-0.15, -0.1) is 11.8 Å². The Hall–Kier alpha value is -2.17. The van der Waals surface area contributed by atoms with E-state index in [4.69, 9.17) is 5.26 Å². The molecule has 0 radical (unpaired) electrons. The third-order valence-corrected chi connectivity index (χ3v) is 4.51. The number of aromatic nitrogens is 1. The van der Waals surface area contributed by atoms with Crippen molar-refractivity contribution in [2.45, 2.75) is 6.92 Å². The van der Waals surface area contributed by atoms with E-state index in [2.05, 4.69) is 10.3 Å². The molecular weight excluding hydrogens is 318 g/mol. The summed E-state index contributed by atoms with van der Waals surface area (Å²) in [5.41, 5.74) is 1.42. The molecule has 2 rings (SSSR count). The number of ketones is 1. The zero-order chi connectivity index (χ0) is 15.9. The van der Waals surface area contributed by atoms with E-state index >= 15 is 0 Å². The Morgan fingerprint density at radius 2 is 2.09 bits per heavy atom. The average Bonchev–Trinajstić information content (AvgIpc) is 2.92. The molecule has 0 aliphatic heterocycles. The number of hydrogen-bond acceptors (Lipinski definition) is 6. The maximum Gasteiger partial charge on any atom is 0.236 e. The molecule has 0 saturated heterocycles. The minimum Gasteiger partial charge on any atom is -0.301 e. The summed E-state index contributed by atoms with van der Waals surface area (Å²) in [7, 11) is 0. The van der Waals surface area contributed by atoms with E-state index in [1.54, 1.807) is 0 Å². The van der Waals surface area contributed by atoms with Gasteiger partial charge in [0.25, 0.3) is 0 Å². The van der Waals surface area contributed by atoms with Crippen LogP contribution >= 0.6 is 23.1 Å². The lowest BCUT2D eigenvalue weighted by atomic mass is 10.1. The van der Waals surface area contributed by atoms with Gasteiger partial charge in [0.15, 0.2) is 10.9 Å². The molecule has 2 aromatic rings. The van der Waals surface area contributed by atoms with Gasteiger partial charge in [0.1, 0.15) is 0 Å². The Bertz CT molecular complexity index is 720. The van der Waals surface area contributed by atoms with Crippen molar-refractivity contribution >= 4 is 39.9 Å². The number of carbonyl (C=O) groups excluding carboxylic acids is 2. The number of nitrogens with one attached hydrogen (secondary N) is 1. The van der Waals surface area contributed by atoms with Gasteiger partial charge in [0.2, 0.25) is 5.91 Å². The van der Waals surface area contributed by atoms with Crippen LogP contribution in [0.2, 0.25) is 0 Å². The van der Waals surface area contributed by atoms with E-state index in [9.17, 15) is 9.59 Å². The molecule has 0 aliphatic rings. The minimum atomic E-state index is -0.233. The maximum absolute atomic E-state index is 11.8. The summed E-state index contributed by atoms with van der Waals surface area (Å²) < 4.78 is 0. The normalized spacial score (nSPS) is 10.0. The predicted octanol–water partition coefficient (Wildman–Crippen LogP) is 3.21. The lowest BCUT2D eigenvalue weighted by Gasteiger charge is -1.99. The standard InChI is InChI=1S/C15H13N3O2S2/c1-10(19)14-13(11-5-3-2-4-6-11)18-15(22-14)17-12(20)9-21-8-7-16/h2-6H,8-9H2,1H3,(H,17,18,20). The minimum absolute atomic E-state index is 0.0873. The van der Waals surface area contributed by atoms with Crippen molar-refractivity contribution in [1.29, 1.82) is 5.26 Å². The van der Waals surface area contributed by atoms with E-state index in [1.165, 1.54) is 18.7 Å². The predicted molar refractivity (Wildman–Crippen MR) is 89.1 cm³/mol. The van der Waals surface area contributed by atoms with Gasteiger partial charge in [-0.2, -0.15) is 5.26 Å². The largest absolute Gasteiger partial charge is 0.301 e. The molecule has 0 saturated carbocycles. The summed E-state index contributed by atoms with van der Waals surface area (Å²) in [5.74, 6) is 0.127. The zero-order valence-electron chi connectivity index (χ0n) is 11.8. The summed E-state index contributed by atoms with van der Waals surface area (Å²) in [5, 5.41) is 11.5. The fourth-order valence-electron chi connectivity index (χ4n) is 1.75. The number of rotatable bonds is 6. The first-order valence-corrected chi connectivity index (χ1v) is 8.40. The van der Waals surface area contributed by atoms with E-state index in [0.29, 0.717) is 15.7 Å². The molecular formula is C15H13N3O2S2. The summed E-state index contributed by atoms with van der Waals surface area (Å²) in [4.78, 5) is 28.4. The summed E-state index contributed by atoms with van der Waals surface area (Å²) in [6.45, 7) is 1.48. The number of benzene rings is 1. The second-order valence-electron chi connectivity index (χ2n) is 4.32. The van der Waals surface area contributed by atoms with Crippen LogP contribution in [0, 0.1) is 11.3 Å². The Labute approximate surface area is 136 Å². The van der Waals surface area contributed by atoms with Gasteiger partial charge in [0.05, 0.1) is 28.1 Å². The molecule has 112 valence electrons. The first-order chi connectivity index (χ1) is 10.6. The molecule has 0 unspecified atom stereocenters. The van der Waals surface area contributed by atoms with Crippen molar-refractivity contribution in [2.75, 3.05) is 16.8 Å². The fraction of sp³-hybridized carbons (Fsp3) is 0.200. The van der Waals surface area contributed by atoms with Gasteiger partial charge in [-0.3, -0.25) is 9.59 Å². The van der Waals surface area contributed by atoms with Crippen LogP contribution in [0.25, 0.3) is 11.3 Å². The highest BCUT2D eigenvalue weighted by Gasteiger charge is 2.17. The Balaban J connectivity index is 2.19. The first-order valence-electron chi connectivity index (χ1n) is 6.43. The third-order valence-electron chi connectivity index (χ3n) is 2.64.